The van der Waals surface area contributed by atoms with Gasteiger partial charge in [0.2, 0.25) is 0 Å². The predicted molar refractivity (Wildman–Crippen MR) is 78.9 cm³/mol. The summed E-state index contributed by atoms with van der Waals surface area (Å²) in [5.41, 5.74) is 9.62. The Kier molecular flexibility index (Phi) is 3.43. The molecule has 0 aliphatic rings. The van der Waals surface area contributed by atoms with Gasteiger partial charge in [-0.1, -0.05) is 6.92 Å². The van der Waals surface area contributed by atoms with Gasteiger partial charge in [-0.15, -0.1) is 0 Å². The zero-order valence-corrected chi connectivity index (χ0v) is 11.5. The summed E-state index contributed by atoms with van der Waals surface area (Å²) in [7, 11) is 0. The number of fused-ring (bicyclic) bond motifs is 1. The number of nitrogens with two attached hydrogens (primary N) is 1. The summed E-state index contributed by atoms with van der Waals surface area (Å²) in [6.45, 7) is 3.52. The highest BCUT2D eigenvalue weighted by atomic mass is 15.1. The Morgan fingerprint density at radius 1 is 1.25 bits per heavy atom. The molecule has 0 saturated heterocycles. The summed E-state index contributed by atoms with van der Waals surface area (Å²) in [4.78, 5) is 13.1. The van der Waals surface area contributed by atoms with E-state index < -0.39 is 0 Å². The summed E-state index contributed by atoms with van der Waals surface area (Å²) < 4.78 is 2.23. The highest BCUT2D eigenvalue weighted by molar-refractivity contribution is 5.79. The number of imidazole rings is 1. The van der Waals surface area contributed by atoms with Crippen molar-refractivity contribution in [1.82, 2.24) is 19.5 Å². The third-order valence-electron chi connectivity index (χ3n) is 3.28. The second-order valence-electron chi connectivity index (χ2n) is 4.69. The van der Waals surface area contributed by atoms with Crippen LogP contribution in [0.1, 0.15) is 19.0 Å². The van der Waals surface area contributed by atoms with Crippen molar-refractivity contribution in [2.45, 2.75) is 26.4 Å². The first-order valence-electron chi connectivity index (χ1n) is 6.79. The van der Waals surface area contributed by atoms with Crippen LogP contribution >= 0.6 is 0 Å². The molecule has 0 radical (unpaired) electrons. The summed E-state index contributed by atoms with van der Waals surface area (Å²) in [5, 5.41) is 0. The van der Waals surface area contributed by atoms with Gasteiger partial charge in [0.25, 0.3) is 0 Å². The first-order valence-corrected chi connectivity index (χ1v) is 6.79. The fourth-order valence-corrected chi connectivity index (χ4v) is 2.38. The summed E-state index contributed by atoms with van der Waals surface area (Å²) >= 11 is 0. The van der Waals surface area contributed by atoms with Crippen LogP contribution in [0.25, 0.3) is 22.4 Å². The molecular weight excluding hydrogens is 250 g/mol. The minimum Gasteiger partial charge on any atom is -0.325 e. The molecular formula is C15H17N5. The number of rotatable bonds is 4. The highest BCUT2D eigenvalue weighted by Crippen LogP contribution is 2.24. The smallest absolute Gasteiger partial charge is 0.141 e. The van der Waals surface area contributed by atoms with Gasteiger partial charge in [-0.3, -0.25) is 9.97 Å². The third kappa shape index (κ3) is 2.16. The maximum Gasteiger partial charge on any atom is 0.141 e. The van der Waals surface area contributed by atoms with Gasteiger partial charge in [0.15, 0.2) is 0 Å². The van der Waals surface area contributed by atoms with Crippen LogP contribution in [0.3, 0.4) is 0 Å². The minimum absolute atomic E-state index is 0.434. The molecule has 0 atom stereocenters. The van der Waals surface area contributed by atoms with Gasteiger partial charge >= 0.3 is 0 Å². The molecule has 102 valence electrons. The summed E-state index contributed by atoms with van der Waals surface area (Å²) in [6, 6.07) is 5.98. The van der Waals surface area contributed by atoms with Crippen LogP contribution < -0.4 is 5.73 Å². The van der Waals surface area contributed by atoms with Crippen molar-refractivity contribution in [3.8, 4) is 11.4 Å². The van der Waals surface area contributed by atoms with Gasteiger partial charge in [-0.05, 0) is 24.6 Å². The second kappa shape index (κ2) is 5.38. The van der Waals surface area contributed by atoms with Crippen molar-refractivity contribution < 1.29 is 0 Å². The molecule has 0 saturated carbocycles. The van der Waals surface area contributed by atoms with Crippen LogP contribution in [0, 0.1) is 0 Å². The van der Waals surface area contributed by atoms with Crippen LogP contribution in [0.2, 0.25) is 0 Å². The quantitative estimate of drug-likeness (QED) is 0.787. The molecule has 3 aromatic heterocycles. The predicted octanol–water partition coefficient (Wildman–Crippen LogP) is 2.36. The summed E-state index contributed by atoms with van der Waals surface area (Å²) in [5.74, 6) is 0.951. The molecule has 3 aromatic rings. The lowest BCUT2D eigenvalue weighted by Crippen LogP contribution is -2.02. The maximum absolute atomic E-state index is 5.67. The van der Waals surface area contributed by atoms with E-state index in [0.717, 1.165) is 41.1 Å². The molecule has 0 unspecified atom stereocenters. The number of hydrogen-bond acceptors (Lipinski definition) is 4. The van der Waals surface area contributed by atoms with Gasteiger partial charge in [0.1, 0.15) is 11.3 Å². The van der Waals surface area contributed by atoms with Gasteiger partial charge in [0, 0.05) is 31.0 Å². The van der Waals surface area contributed by atoms with Crippen molar-refractivity contribution in [2.24, 2.45) is 5.73 Å². The van der Waals surface area contributed by atoms with Gasteiger partial charge in [-0.25, -0.2) is 4.98 Å². The molecule has 5 heteroatoms. The maximum atomic E-state index is 5.67. The Morgan fingerprint density at radius 3 is 2.95 bits per heavy atom. The lowest BCUT2D eigenvalue weighted by molar-refractivity contribution is 0.704. The van der Waals surface area contributed by atoms with E-state index >= 15 is 0 Å². The van der Waals surface area contributed by atoms with E-state index in [2.05, 4.69) is 21.5 Å². The van der Waals surface area contributed by atoms with E-state index in [9.17, 15) is 0 Å². The van der Waals surface area contributed by atoms with Crippen LogP contribution in [0.5, 0.6) is 0 Å². The average Bonchev–Trinajstić information content (AvgIpc) is 2.87. The number of aromatic nitrogens is 4. The zero-order valence-electron chi connectivity index (χ0n) is 11.5. The topological polar surface area (TPSA) is 69.6 Å². The molecule has 0 aromatic carbocycles. The monoisotopic (exact) mass is 267 g/mol. The minimum atomic E-state index is 0.434. The Labute approximate surface area is 117 Å². The van der Waals surface area contributed by atoms with Crippen LogP contribution in [-0.2, 0) is 13.1 Å². The molecule has 0 fully saturated rings. The standard InChI is InChI=1S/C15H17N5/c1-2-7-20-14-4-5-17-10-13(14)19-15(20)11-3-6-18-12(8-11)9-16/h3-6,8,10H,2,7,9,16H2,1H3. The van der Waals surface area contributed by atoms with Crippen molar-refractivity contribution >= 4 is 11.0 Å². The fourth-order valence-electron chi connectivity index (χ4n) is 2.38. The molecule has 5 nitrogen and oxygen atoms in total. The molecule has 3 heterocycles. The van der Waals surface area contributed by atoms with Crippen LogP contribution in [0.4, 0.5) is 0 Å². The molecule has 0 bridgehead atoms. The van der Waals surface area contributed by atoms with E-state index in [0.29, 0.717) is 6.54 Å². The zero-order chi connectivity index (χ0) is 13.9. The van der Waals surface area contributed by atoms with Gasteiger partial charge in [0.05, 0.1) is 17.4 Å². The third-order valence-corrected chi connectivity index (χ3v) is 3.28. The Bertz CT molecular complexity index is 732. The molecule has 0 amide bonds. The molecule has 0 aliphatic heterocycles. The SMILES string of the molecule is CCCn1c(-c2ccnc(CN)c2)nc2cnccc21. The first-order chi connectivity index (χ1) is 9.83. The number of aryl methyl sites for hydroxylation is 1. The first kappa shape index (κ1) is 12.7. The average molecular weight is 267 g/mol. The van der Waals surface area contributed by atoms with E-state index in [-0.39, 0.29) is 0 Å². The van der Waals surface area contributed by atoms with Crippen LogP contribution in [-0.4, -0.2) is 19.5 Å². The van der Waals surface area contributed by atoms with Crippen molar-refractivity contribution in [1.29, 1.82) is 0 Å². The van der Waals surface area contributed by atoms with E-state index in [1.54, 1.807) is 18.6 Å². The number of nitrogens with zero attached hydrogens (tertiary/aromatic N) is 4. The Hall–Kier alpha value is -2.27. The lowest BCUT2D eigenvalue weighted by atomic mass is 10.2. The Balaban J connectivity index is 2.21. The summed E-state index contributed by atoms with van der Waals surface area (Å²) in [6.07, 6.45) is 6.44. The van der Waals surface area contributed by atoms with Crippen molar-refractivity contribution in [2.75, 3.05) is 0 Å². The molecule has 2 N–H and O–H groups in total. The molecule has 20 heavy (non-hydrogen) atoms. The number of hydrogen-bond donors (Lipinski definition) is 1. The molecule has 3 rings (SSSR count). The lowest BCUT2D eigenvalue weighted by Gasteiger charge is -2.08. The molecule has 0 spiro atoms. The number of pyridine rings is 2. The van der Waals surface area contributed by atoms with E-state index in [1.807, 2.05) is 18.2 Å². The molecule has 0 aliphatic carbocycles. The Morgan fingerprint density at radius 2 is 2.15 bits per heavy atom. The normalized spacial score (nSPS) is 11.1. The van der Waals surface area contributed by atoms with Gasteiger partial charge in [-0.2, -0.15) is 0 Å². The largest absolute Gasteiger partial charge is 0.325 e. The van der Waals surface area contributed by atoms with Crippen molar-refractivity contribution in [3.63, 3.8) is 0 Å². The second-order valence-corrected chi connectivity index (χ2v) is 4.69. The fraction of sp³-hybridized carbons (Fsp3) is 0.267. The van der Waals surface area contributed by atoms with E-state index in [4.69, 9.17) is 10.7 Å². The van der Waals surface area contributed by atoms with Crippen LogP contribution in [0.15, 0.2) is 36.8 Å². The van der Waals surface area contributed by atoms with E-state index in [1.165, 1.54) is 0 Å². The highest BCUT2D eigenvalue weighted by Gasteiger charge is 2.12. The van der Waals surface area contributed by atoms with Crippen molar-refractivity contribution in [3.05, 3.63) is 42.5 Å². The van der Waals surface area contributed by atoms with Gasteiger partial charge < -0.3 is 10.3 Å².